The van der Waals surface area contributed by atoms with Crippen LogP contribution in [0, 0.1) is 0 Å². The van der Waals surface area contributed by atoms with Crippen LogP contribution in [0.4, 0.5) is 5.69 Å². The number of anilines is 1. The minimum absolute atomic E-state index is 0.226. The normalized spacial score (nSPS) is 14.1. The zero-order chi connectivity index (χ0) is 18.0. The molecule has 0 saturated heterocycles. The molecule has 1 aliphatic rings. The first-order valence-electron chi connectivity index (χ1n) is 7.95. The predicted octanol–water partition coefficient (Wildman–Crippen LogP) is 4.20. The summed E-state index contributed by atoms with van der Waals surface area (Å²) in [6.07, 6.45) is 1.84. The predicted molar refractivity (Wildman–Crippen MR) is 101 cm³/mol. The van der Waals surface area contributed by atoms with Crippen molar-refractivity contribution in [2.24, 2.45) is 0 Å². The number of benzene rings is 2. The number of para-hydroxylation sites is 1. The molecule has 1 aliphatic heterocycles. The van der Waals surface area contributed by atoms with Crippen LogP contribution in [-0.2, 0) is 16.0 Å². The van der Waals surface area contributed by atoms with Gasteiger partial charge in [0, 0.05) is 17.1 Å². The second-order valence-electron chi connectivity index (χ2n) is 5.76. The first kappa shape index (κ1) is 17.8. The number of rotatable bonds is 4. The van der Waals surface area contributed by atoms with Gasteiger partial charge in [-0.2, -0.15) is 0 Å². The number of hydrogen-bond acceptors (Lipinski definition) is 4. The molecule has 0 unspecified atom stereocenters. The van der Waals surface area contributed by atoms with Gasteiger partial charge in [-0.15, -0.1) is 11.8 Å². The highest BCUT2D eigenvalue weighted by Crippen LogP contribution is 2.29. The Morgan fingerprint density at radius 1 is 1.24 bits per heavy atom. The maximum absolute atomic E-state index is 12.7. The molecule has 4 nitrogen and oxygen atoms in total. The molecule has 0 N–H and O–H groups in total. The van der Waals surface area contributed by atoms with Crippen LogP contribution in [0.15, 0.2) is 47.4 Å². The minimum Gasteiger partial charge on any atom is -0.449 e. The van der Waals surface area contributed by atoms with E-state index >= 15 is 0 Å². The SMILES string of the molecule is CSc1ccc(Cl)c(C(=O)O[C@H](C)C(=O)N2CCc3ccccc32)c1. The molecule has 1 heterocycles. The summed E-state index contributed by atoms with van der Waals surface area (Å²) in [6.45, 7) is 2.19. The van der Waals surface area contributed by atoms with Gasteiger partial charge in [-0.25, -0.2) is 4.79 Å². The lowest BCUT2D eigenvalue weighted by Crippen LogP contribution is -2.39. The third-order valence-corrected chi connectivity index (χ3v) is 5.23. The van der Waals surface area contributed by atoms with Gasteiger partial charge in [0.15, 0.2) is 6.10 Å². The molecule has 3 rings (SSSR count). The highest BCUT2D eigenvalue weighted by atomic mass is 35.5. The molecule has 0 bridgehead atoms. The van der Waals surface area contributed by atoms with Gasteiger partial charge in [0.1, 0.15) is 0 Å². The molecular formula is C19H18ClNO3S. The largest absolute Gasteiger partial charge is 0.449 e. The second-order valence-corrected chi connectivity index (χ2v) is 7.05. The average molecular weight is 376 g/mol. The van der Waals surface area contributed by atoms with E-state index in [4.69, 9.17) is 16.3 Å². The number of halogens is 1. The first-order chi connectivity index (χ1) is 12.0. The Morgan fingerprint density at radius 3 is 2.76 bits per heavy atom. The molecule has 2 aromatic rings. The Bertz CT molecular complexity index is 824. The topological polar surface area (TPSA) is 46.6 Å². The van der Waals surface area contributed by atoms with E-state index in [9.17, 15) is 9.59 Å². The molecule has 0 saturated carbocycles. The summed E-state index contributed by atoms with van der Waals surface area (Å²) >= 11 is 7.61. The van der Waals surface area contributed by atoms with Gasteiger partial charge < -0.3 is 9.64 Å². The molecule has 6 heteroatoms. The van der Waals surface area contributed by atoms with Crippen LogP contribution in [0.25, 0.3) is 0 Å². The zero-order valence-electron chi connectivity index (χ0n) is 14.0. The number of nitrogens with zero attached hydrogens (tertiary/aromatic N) is 1. The van der Waals surface area contributed by atoms with E-state index in [2.05, 4.69) is 0 Å². The molecule has 2 aromatic carbocycles. The number of ether oxygens (including phenoxy) is 1. The lowest BCUT2D eigenvalue weighted by atomic mass is 10.2. The molecule has 0 aromatic heterocycles. The van der Waals surface area contributed by atoms with Gasteiger partial charge in [0.25, 0.3) is 5.91 Å². The monoisotopic (exact) mass is 375 g/mol. The molecule has 0 spiro atoms. The maximum atomic E-state index is 12.7. The lowest BCUT2D eigenvalue weighted by molar-refractivity contribution is -0.126. The van der Waals surface area contributed by atoms with Gasteiger partial charge in [-0.05, 0) is 49.4 Å². The Hall–Kier alpha value is -1.98. The van der Waals surface area contributed by atoms with E-state index in [1.165, 1.54) is 11.8 Å². The fourth-order valence-corrected chi connectivity index (χ4v) is 3.48. The Kier molecular flexibility index (Phi) is 5.35. The van der Waals surface area contributed by atoms with Crippen molar-refractivity contribution in [2.45, 2.75) is 24.3 Å². The van der Waals surface area contributed by atoms with Crippen LogP contribution in [0.2, 0.25) is 5.02 Å². The molecule has 130 valence electrons. The molecule has 0 radical (unpaired) electrons. The Labute approximate surface area is 156 Å². The molecule has 0 fully saturated rings. The summed E-state index contributed by atoms with van der Waals surface area (Å²) in [5.74, 6) is -0.815. The standard InChI is InChI=1S/C19H18ClNO3S/c1-12(18(22)21-10-9-13-5-3-4-6-17(13)21)24-19(23)15-11-14(25-2)7-8-16(15)20/h3-8,11-12H,9-10H2,1-2H3/t12-/m1/s1. The summed E-state index contributed by atoms with van der Waals surface area (Å²) in [5, 5.41) is 0.314. The van der Waals surface area contributed by atoms with E-state index in [1.807, 2.05) is 36.6 Å². The lowest BCUT2D eigenvalue weighted by Gasteiger charge is -2.22. The van der Waals surface area contributed by atoms with Crippen LogP contribution < -0.4 is 4.90 Å². The van der Waals surface area contributed by atoms with E-state index in [0.29, 0.717) is 11.6 Å². The van der Waals surface area contributed by atoms with Crippen LogP contribution in [0.3, 0.4) is 0 Å². The number of hydrogen-bond donors (Lipinski definition) is 0. The third-order valence-electron chi connectivity index (χ3n) is 4.18. The summed E-state index contributed by atoms with van der Waals surface area (Å²) in [7, 11) is 0. The van der Waals surface area contributed by atoms with E-state index in [-0.39, 0.29) is 11.5 Å². The number of carbonyl (C=O) groups excluding carboxylic acids is 2. The number of fused-ring (bicyclic) bond motifs is 1. The van der Waals surface area contributed by atoms with Crippen molar-refractivity contribution in [1.82, 2.24) is 0 Å². The number of esters is 1. The van der Waals surface area contributed by atoms with Gasteiger partial charge in [0.05, 0.1) is 10.6 Å². The highest BCUT2D eigenvalue weighted by Gasteiger charge is 2.30. The summed E-state index contributed by atoms with van der Waals surface area (Å²) in [4.78, 5) is 27.7. The van der Waals surface area contributed by atoms with Gasteiger partial charge in [-0.3, -0.25) is 4.79 Å². The molecular weight excluding hydrogens is 358 g/mol. The maximum Gasteiger partial charge on any atom is 0.340 e. The molecule has 25 heavy (non-hydrogen) atoms. The van der Waals surface area contributed by atoms with Crippen molar-refractivity contribution in [3.05, 3.63) is 58.6 Å². The molecule has 1 amide bonds. The van der Waals surface area contributed by atoms with Gasteiger partial charge in [0.2, 0.25) is 0 Å². The zero-order valence-corrected chi connectivity index (χ0v) is 15.6. The smallest absolute Gasteiger partial charge is 0.340 e. The Morgan fingerprint density at radius 2 is 2.00 bits per heavy atom. The quantitative estimate of drug-likeness (QED) is 0.593. The number of thioether (sulfide) groups is 1. The van der Waals surface area contributed by atoms with E-state index in [1.54, 1.807) is 24.0 Å². The molecule has 1 atom stereocenters. The van der Waals surface area contributed by atoms with Crippen molar-refractivity contribution in [3.63, 3.8) is 0 Å². The summed E-state index contributed by atoms with van der Waals surface area (Å²) in [6, 6.07) is 12.9. The van der Waals surface area contributed by atoms with Crippen LogP contribution in [-0.4, -0.2) is 30.8 Å². The van der Waals surface area contributed by atoms with Crippen LogP contribution in [0.5, 0.6) is 0 Å². The summed E-state index contributed by atoms with van der Waals surface area (Å²) in [5.41, 5.74) is 2.29. The van der Waals surface area contributed by atoms with E-state index in [0.717, 1.165) is 22.6 Å². The second kappa shape index (κ2) is 7.50. The fraction of sp³-hybridized carbons (Fsp3) is 0.263. The average Bonchev–Trinajstić information content (AvgIpc) is 3.05. The third kappa shape index (κ3) is 3.67. The van der Waals surface area contributed by atoms with Crippen molar-refractivity contribution < 1.29 is 14.3 Å². The molecule has 0 aliphatic carbocycles. The highest BCUT2D eigenvalue weighted by molar-refractivity contribution is 7.98. The van der Waals surface area contributed by atoms with Crippen molar-refractivity contribution >= 4 is 40.9 Å². The first-order valence-corrected chi connectivity index (χ1v) is 9.55. The number of carbonyl (C=O) groups is 2. The van der Waals surface area contributed by atoms with Crippen molar-refractivity contribution in [3.8, 4) is 0 Å². The Balaban J connectivity index is 1.73. The van der Waals surface area contributed by atoms with Crippen LogP contribution >= 0.6 is 23.4 Å². The minimum atomic E-state index is -0.882. The van der Waals surface area contributed by atoms with E-state index < -0.39 is 12.1 Å². The van der Waals surface area contributed by atoms with Crippen molar-refractivity contribution in [2.75, 3.05) is 17.7 Å². The van der Waals surface area contributed by atoms with Crippen molar-refractivity contribution in [1.29, 1.82) is 0 Å². The summed E-state index contributed by atoms with van der Waals surface area (Å²) < 4.78 is 5.38. The number of amides is 1. The van der Waals surface area contributed by atoms with Gasteiger partial charge in [-0.1, -0.05) is 29.8 Å². The van der Waals surface area contributed by atoms with Crippen LogP contribution in [0.1, 0.15) is 22.8 Å². The fourth-order valence-electron chi connectivity index (χ4n) is 2.85. The van der Waals surface area contributed by atoms with Gasteiger partial charge >= 0.3 is 5.97 Å².